The number of thiol groups is 1. The van der Waals surface area contributed by atoms with Crippen molar-refractivity contribution in [2.24, 2.45) is 0 Å². The summed E-state index contributed by atoms with van der Waals surface area (Å²) in [6.07, 6.45) is 4.16. The zero-order valence-electron chi connectivity index (χ0n) is 14.6. The molecule has 0 atom stereocenters. The van der Waals surface area contributed by atoms with E-state index in [1.807, 2.05) is 31.2 Å². The molecule has 132 valence electrons. The highest BCUT2D eigenvalue weighted by molar-refractivity contribution is 8.01. The van der Waals surface area contributed by atoms with Gasteiger partial charge >= 0.3 is 5.97 Å². The standard InChI is InChI=1S/C20H22O2S3/c1-13(10-19(21)22)20(15-6-4-14(12-23)5-7-15)16-8-9-17(24-2)18(11-16)25-3/h4-9,11,23H,10,12H2,1-3H3,(H,21,22)/b20-13-. The van der Waals surface area contributed by atoms with Crippen LogP contribution in [0.1, 0.15) is 30.0 Å². The van der Waals surface area contributed by atoms with Gasteiger partial charge in [-0.2, -0.15) is 12.6 Å². The van der Waals surface area contributed by atoms with Gasteiger partial charge in [0.15, 0.2) is 0 Å². The molecular formula is C20H22O2S3. The highest BCUT2D eigenvalue weighted by Crippen LogP contribution is 2.35. The van der Waals surface area contributed by atoms with Crippen LogP contribution in [0.25, 0.3) is 5.57 Å². The molecule has 0 bridgehead atoms. The van der Waals surface area contributed by atoms with E-state index in [1.54, 1.807) is 23.5 Å². The summed E-state index contributed by atoms with van der Waals surface area (Å²) in [6.45, 7) is 1.90. The van der Waals surface area contributed by atoms with E-state index in [0.29, 0.717) is 5.75 Å². The molecule has 0 amide bonds. The van der Waals surface area contributed by atoms with Crippen molar-refractivity contribution < 1.29 is 9.90 Å². The van der Waals surface area contributed by atoms with Crippen molar-refractivity contribution in [3.8, 4) is 0 Å². The molecule has 2 rings (SSSR count). The van der Waals surface area contributed by atoms with Gasteiger partial charge in [-0.25, -0.2) is 0 Å². The third-order valence-electron chi connectivity index (χ3n) is 3.94. The van der Waals surface area contributed by atoms with Crippen molar-refractivity contribution in [3.05, 3.63) is 64.7 Å². The predicted molar refractivity (Wildman–Crippen MR) is 113 cm³/mol. The number of hydrogen-bond donors (Lipinski definition) is 2. The molecule has 0 aliphatic rings. The Labute approximate surface area is 163 Å². The SMILES string of the molecule is CSc1ccc(/C(=C(/C)CC(=O)O)c2ccc(CS)cc2)cc1SC. The average Bonchev–Trinajstić information content (AvgIpc) is 2.61. The van der Waals surface area contributed by atoms with Crippen LogP contribution < -0.4 is 0 Å². The first kappa shape index (κ1) is 20.0. The summed E-state index contributed by atoms with van der Waals surface area (Å²) >= 11 is 7.73. The second-order valence-corrected chi connectivity index (χ2v) is 7.66. The summed E-state index contributed by atoms with van der Waals surface area (Å²) in [7, 11) is 0. The number of thioether (sulfide) groups is 2. The number of benzene rings is 2. The smallest absolute Gasteiger partial charge is 0.307 e. The van der Waals surface area contributed by atoms with Gasteiger partial charge in [0.1, 0.15) is 0 Å². The molecule has 25 heavy (non-hydrogen) atoms. The Hall–Kier alpha value is -1.30. The Morgan fingerprint density at radius 2 is 1.60 bits per heavy atom. The fourth-order valence-corrected chi connectivity index (χ4v) is 4.43. The van der Waals surface area contributed by atoms with E-state index in [-0.39, 0.29) is 6.42 Å². The minimum Gasteiger partial charge on any atom is -0.481 e. The molecule has 0 saturated carbocycles. The van der Waals surface area contributed by atoms with Crippen LogP contribution in [0.15, 0.2) is 57.8 Å². The van der Waals surface area contributed by atoms with Crippen LogP contribution in [-0.2, 0) is 10.5 Å². The van der Waals surface area contributed by atoms with Crippen LogP contribution in [0.5, 0.6) is 0 Å². The van der Waals surface area contributed by atoms with Crippen molar-refractivity contribution >= 4 is 47.7 Å². The lowest BCUT2D eigenvalue weighted by molar-refractivity contribution is -0.136. The quantitative estimate of drug-likeness (QED) is 0.459. The highest BCUT2D eigenvalue weighted by Gasteiger charge is 2.13. The van der Waals surface area contributed by atoms with Gasteiger partial charge in [-0.1, -0.05) is 35.9 Å². The minimum absolute atomic E-state index is 0.0303. The number of carbonyl (C=O) groups is 1. The van der Waals surface area contributed by atoms with Crippen LogP contribution in [0.2, 0.25) is 0 Å². The zero-order valence-corrected chi connectivity index (χ0v) is 17.1. The molecule has 1 N–H and O–H groups in total. The summed E-state index contributed by atoms with van der Waals surface area (Å²) in [5.74, 6) is -0.125. The van der Waals surface area contributed by atoms with Crippen molar-refractivity contribution in [3.63, 3.8) is 0 Å². The van der Waals surface area contributed by atoms with Crippen LogP contribution in [0.3, 0.4) is 0 Å². The lowest BCUT2D eigenvalue weighted by Crippen LogP contribution is -2.00. The zero-order chi connectivity index (χ0) is 18.4. The first-order valence-electron chi connectivity index (χ1n) is 7.84. The Morgan fingerprint density at radius 1 is 1.00 bits per heavy atom. The molecule has 0 heterocycles. The van der Waals surface area contributed by atoms with Crippen molar-refractivity contribution in [2.45, 2.75) is 28.9 Å². The maximum absolute atomic E-state index is 11.2. The molecule has 2 aromatic rings. The molecule has 0 saturated heterocycles. The van der Waals surface area contributed by atoms with E-state index >= 15 is 0 Å². The summed E-state index contributed by atoms with van der Waals surface area (Å²) in [4.78, 5) is 13.7. The number of rotatable bonds is 7. The van der Waals surface area contributed by atoms with E-state index in [9.17, 15) is 9.90 Å². The summed E-state index contributed by atoms with van der Waals surface area (Å²) in [5, 5.41) is 9.24. The molecule has 0 unspecified atom stereocenters. The molecule has 5 heteroatoms. The van der Waals surface area contributed by atoms with Crippen molar-refractivity contribution in [2.75, 3.05) is 12.5 Å². The van der Waals surface area contributed by atoms with Crippen LogP contribution in [0, 0.1) is 0 Å². The number of hydrogen-bond acceptors (Lipinski definition) is 4. The molecule has 0 fully saturated rings. The van der Waals surface area contributed by atoms with Crippen LogP contribution >= 0.6 is 36.2 Å². The third kappa shape index (κ3) is 5.09. The molecule has 0 radical (unpaired) electrons. The number of aliphatic carboxylic acids is 1. The minimum atomic E-state index is -0.812. The highest BCUT2D eigenvalue weighted by atomic mass is 32.2. The Morgan fingerprint density at radius 3 is 2.12 bits per heavy atom. The molecule has 0 aliphatic carbocycles. The number of carboxylic acids is 1. The van der Waals surface area contributed by atoms with E-state index in [1.165, 1.54) is 9.79 Å². The van der Waals surface area contributed by atoms with E-state index in [2.05, 4.69) is 43.3 Å². The van der Waals surface area contributed by atoms with Gasteiger partial charge < -0.3 is 5.11 Å². The lowest BCUT2D eigenvalue weighted by Gasteiger charge is -2.15. The van der Waals surface area contributed by atoms with Crippen LogP contribution in [0.4, 0.5) is 0 Å². The third-order valence-corrected chi connectivity index (χ3v) is 6.01. The maximum atomic E-state index is 11.2. The summed E-state index contributed by atoms with van der Waals surface area (Å²) in [6, 6.07) is 14.5. The first-order valence-corrected chi connectivity index (χ1v) is 10.9. The molecule has 0 aliphatic heterocycles. The Bertz CT molecular complexity index is 780. The van der Waals surface area contributed by atoms with Crippen molar-refractivity contribution in [1.82, 2.24) is 0 Å². The van der Waals surface area contributed by atoms with E-state index in [4.69, 9.17) is 0 Å². The fourth-order valence-electron chi connectivity index (χ4n) is 2.74. The first-order chi connectivity index (χ1) is 12.0. The average molecular weight is 391 g/mol. The maximum Gasteiger partial charge on any atom is 0.307 e. The lowest BCUT2D eigenvalue weighted by atomic mass is 9.92. The van der Waals surface area contributed by atoms with Gasteiger partial charge in [-0.15, -0.1) is 23.5 Å². The van der Waals surface area contributed by atoms with Gasteiger partial charge in [-0.05, 0) is 53.8 Å². The summed E-state index contributed by atoms with van der Waals surface area (Å²) < 4.78 is 0. The molecular weight excluding hydrogens is 368 g/mol. The van der Waals surface area contributed by atoms with Gasteiger partial charge in [0.05, 0.1) is 6.42 Å². The molecule has 2 nitrogen and oxygen atoms in total. The van der Waals surface area contributed by atoms with E-state index < -0.39 is 5.97 Å². The largest absolute Gasteiger partial charge is 0.481 e. The van der Waals surface area contributed by atoms with Gasteiger partial charge in [0, 0.05) is 15.5 Å². The van der Waals surface area contributed by atoms with Crippen LogP contribution in [-0.4, -0.2) is 23.6 Å². The van der Waals surface area contributed by atoms with E-state index in [0.717, 1.165) is 27.8 Å². The monoisotopic (exact) mass is 390 g/mol. The van der Waals surface area contributed by atoms with Gasteiger partial charge in [0.2, 0.25) is 0 Å². The van der Waals surface area contributed by atoms with Gasteiger partial charge in [-0.3, -0.25) is 4.79 Å². The molecule has 2 aromatic carbocycles. The predicted octanol–water partition coefficient (Wildman–Crippen LogP) is 5.86. The topological polar surface area (TPSA) is 37.3 Å². The normalized spacial score (nSPS) is 12.0. The Balaban J connectivity index is 2.60. The second kappa shape index (κ2) is 9.41. The summed E-state index contributed by atoms with van der Waals surface area (Å²) in [5.41, 5.74) is 5.09. The molecule has 0 spiro atoms. The van der Waals surface area contributed by atoms with Crippen molar-refractivity contribution in [1.29, 1.82) is 0 Å². The van der Waals surface area contributed by atoms with Gasteiger partial charge in [0.25, 0.3) is 0 Å². The second-order valence-electron chi connectivity index (χ2n) is 5.65. The number of carboxylic acid groups (broad SMARTS) is 1. The Kier molecular flexibility index (Phi) is 7.54. The fraction of sp³-hybridized carbons (Fsp3) is 0.250. The molecule has 0 aromatic heterocycles.